The number of aliphatic carboxylic acids is 1. The van der Waals surface area contributed by atoms with Crippen LogP contribution in [-0.2, 0) is 19.1 Å². The monoisotopic (exact) mass is 386 g/mol. The van der Waals surface area contributed by atoms with Gasteiger partial charge < -0.3 is 14.6 Å². The largest absolute Gasteiger partial charge is 0.478 e. The highest BCUT2D eigenvalue weighted by atomic mass is 16.7. The van der Waals surface area contributed by atoms with Crippen molar-refractivity contribution < 1.29 is 24.2 Å². The summed E-state index contributed by atoms with van der Waals surface area (Å²) in [6.45, 7) is 5.73. The van der Waals surface area contributed by atoms with Crippen LogP contribution < -0.4 is 0 Å². The van der Waals surface area contributed by atoms with Gasteiger partial charge in [-0.25, -0.2) is 4.79 Å². The summed E-state index contributed by atoms with van der Waals surface area (Å²) >= 11 is 0. The second kappa shape index (κ2) is 6.02. The van der Waals surface area contributed by atoms with E-state index in [9.17, 15) is 14.7 Å². The Morgan fingerprint density at radius 1 is 1.18 bits per heavy atom. The molecule has 0 amide bonds. The van der Waals surface area contributed by atoms with E-state index in [1.54, 1.807) is 0 Å². The summed E-state index contributed by atoms with van der Waals surface area (Å²) in [7, 11) is 0. The molecule has 3 saturated carbocycles. The van der Waals surface area contributed by atoms with Crippen molar-refractivity contribution in [3.63, 3.8) is 0 Å². The fraction of sp³-hybridized carbons (Fsp3) is 0.739. The van der Waals surface area contributed by atoms with E-state index in [1.165, 1.54) is 11.6 Å². The molecule has 0 unspecified atom stereocenters. The minimum Gasteiger partial charge on any atom is -0.478 e. The van der Waals surface area contributed by atoms with Crippen molar-refractivity contribution in [3.8, 4) is 0 Å². The van der Waals surface area contributed by atoms with E-state index < -0.39 is 11.8 Å². The van der Waals surface area contributed by atoms with Gasteiger partial charge in [-0.15, -0.1) is 0 Å². The smallest absolute Gasteiger partial charge is 0.328 e. The third-order valence-electron chi connectivity index (χ3n) is 8.76. The Bertz CT molecular complexity index is 789. The SMILES string of the molecule is C[C@]12CCC3(CC1=CC[C@@H]1[C@@H]2C(=O)C[C@]2(C)/C(=C\C(=O)O)CC[C@@H]12)OCCO3. The summed E-state index contributed by atoms with van der Waals surface area (Å²) in [4.78, 5) is 24.8. The van der Waals surface area contributed by atoms with Gasteiger partial charge in [-0.3, -0.25) is 4.79 Å². The lowest BCUT2D eigenvalue weighted by Gasteiger charge is -2.57. The van der Waals surface area contributed by atoms with E-state index in [4.69, 9.17) is 9.47 Å². The molecule has 0 aromatic heterocycles. The molecule has 5 nitrogen and oxygen atoms in total. The molecule has 0 radical (unpaired) electrons. The van der Waals surface area contributed by atoms with Gasteiger partial charge in [0.15, 0.2) is 5.79 Å². The Balaban J connectivity index is 1.50. The number of Topliss-reactive ketones (excluding diaryl/α,β-unsaturated/α-hetero) is 1. The van der Waals surface area contributed by atoms with Gasteiger partial charge in [0.2, 0.25) is 0 Å². The first kappa shape index (κ1) is 18.6. The number of fused-ring (bicyclic) bond motifs is 5. The zero-order chi connectivity index (χ0) is 19.7. The Labute approximate surface area is 166 Å². The molecule has 1 aliphatic heterocycles. The number of hydrogen-bond acceptors (Lipinski definition) is 4. The van der Waals surface area contributed by atoms with Gasteiger partial charge >= 0.3 is 5.97 Å². The number of ether oxygens (including phenoxy) is 2. The van der Waals surface area contributed by atoms with Crippen LogP contribution in [0.4, 0.5) is 0 Å². The molecule has 5 rings (SSSR count). The second-order valence-corrected chi connectivity index (χ2v) is 10.0. The van der Waals surface area contributed by atoms with Gasteiger partial charge in [-0.05, 0) is 48.3 Å². The standard InChI is InChI=1S/C23H30O5/c1-21-7-8-23(27-9-10-28-23)12-15(21)3-5-16-17-6-4-14(11-19(25)26)22(17,2)13-18(24)20(16)21/h3,11,16-17,20H,4-10,12-13H2,1-2H3,(H,25,26)/b14-11-/t16-,17-,20+,21-,22+/m0/s1. The van der Waals surface area contributed by atoms with Crippen LogP contribution in [0.25, 0.3) is 0 Å². The van der Waals surface area contributed by atoms with E-state index in [-0.39, 0.29) is 16.7 Å². The minimum atomic E-state index is -0.890. The summed E-state index contributed by atoms with van der Waals surface area (Å²) in [5.74, 6) is -0.259. The fourth-order valence-electron chi connectivity index (χ4n) is 7.42. The molecular weight excluding hydrogens is 356 g/mol. The number of rotatable bonds is 1. The summed E-state index contributed by atoms with van der Waals surface area (Å²) in [6, 6.07) is 0. The molecule has 1 spiro atoms. The Morgan fingerprint density at radius 3 is 2.64 bits per heavy atom. The van der Waals surface area contributed by atoms with Crippen molar-refractivity contribution in [2.24, 2.45) is 28.6 Å². The van der Waals surface area contributed by atoms with Gasteiger partial charge in [0.1, 0.15) is 5.78 Å². The maximum atomic E-state index is 13.5. The number of carboxylic acids is 1. The third-order valence-corrected chi connectivity index (χ3v) is 8.76. The van der Waals surface area contributed by atoms with Crippen LogP contribution in [0.5, 0.6) is 0 Å². The van der Waals surface area contributed by atoms with Crippen molar-refractivity contribution in [2.45, 2.75) is 64.6 Å². The highest BCUT2D eigenvalue weighted by Crippen LogP contribution is 2.66. The van der Waals surface area contributed by atoms with Crippen LogP contribution >= 0.6 is 0 Å². The Kier molecular flexibility index (Phi) is 3.99. The molecule has 4 fully saturated rings. The predicted octanol–water partition coefficient (Wildman–Crippen LogP) is 3.88. The second-order valence-electron chi connectivity index (χ2n) is 10.0. The molecule has 28 heavy (non-hydrogen) atoms. The molecule has 5 atom stereocenters. The van der Waals surface area contributed by atoms with Crippen molar-refractivity contribution in [2.75, 3.05) is 13.2 Å². The lowest BCUT2D eigenvalue weighted by molar-refractivity contribution is -0.185. The van der Waals surface area contributed by atoms with Crippen molar-refractivity contribution >= 4 is 11.8 Å². The number of carbonyl (C=O) groups is 2. The van der Waals surface area contributed by atoms with Crippen molar-refractivity contribution in [1.82, 2.24) is 0 Å². The molecule has 0 aromatic carbocycles. The van der Waals surface area contributed by atoms with Gasteiger partial charge in [-0.1, -0.05) is 31.1 Å². The van der Waals surface area contributed by atoms with Gasteiger partial charge in [0, 0.05) is 31.3 Å². The van der Waals surface area contributed by atoms with Crippen LogP contribution in [0, 0.1) is 28.6 Å². The first-order valence-electron chi connectivity index (χ1n) is 10.7. The van der Waals surface area contributed by atoms with Crippen LogP contribution in [0.2, 0.25) is 0 Å². The predicted molar refractivity (Wildman–Crippen MR) is 102 cm³/mol. The number of hydrogen-bond donors (Lipinski definition) is 1. The molecule has 5 heteroatoms. The maximum Gasteiger partial charge on any atom is 0.328 e. The molecule has 1 saturated heterocycles. The van der Waals surface area contributed by atoms with Crippen molar-refractivity contribution in [3.05, 3.63) is 23.3 Å². The molecule has 0 bridgehead atoms. The first-order chi connectivity index (χ1) is 13.3. The highest BCUT2D eigenvalue weighted by molar-refractivity contribution is 5.86. The van der Waals surface area contributed by atoms with Crippen LogP contribution in [0.3, 0.4) is 0 Å². The Hall–Kier alpha value is -1.46. The summed E-state index contributed by atoms with van der Waals surface area (Å²) in [6.07, 6.45) is 9.50. The summed E-state index contributed by atoms with van der Waals surface area (Å²) < 4.78 is 11.9. The first-order valence-corrected chi connectivity index (χ1v) is 10.7. The highest BCUT2D eigenvalue weighted by Gasteiger charge is 2.62. The summed E-state index contributed by atoms with van der Waals surface area (Å²) in [5.41, 5.74) is 1.91. The molecule has 4 aliphatic carbocycles. The molecule has 152 valence electrons. The van der Waals surface area contributed by atoms with Gasteiger partial charge in [0.25, 0.3) is 0 Å². The quantitative estimate of drug-likeness (QED) is 0.547. The Morgan fingerprint density at radius 2 is 1.93 bits per heavy atom. The van der Waals surface area contributed by atoms with E-state index in [1.807, 2.05) is 0 Å². The van der Waals surface area contributed by atoms with Gasteiger partial charge in [0.05, 0.1) is 13.2 Å². The zero-order valence-electron chi connectivity index (χ0n) is 16.8. The van der Waals surface area contributed by atoms with E-state index in [0.29, 0.717) is 37.3 Å². The molecule has 1 heterocycles. The third kappa shape index (κ3) is 2.45. The number of carbonyl (C=O) groups excluding carboxylic acids is 1. The summed E-state index contributed by atoms with van der Waals surface area (Å²) in [5, 5.41) is 9.28. The van der Waals surface area contributed by atoms with E-state index in [0.717, 1.165) is 44.1 Å². The van der Waals surface area contributed by atoms with E-state index in [2.05, 4.69) is 19.9 Å². The lowest BCUT2D eigenvalue weighted by Crippen LogP contribution is -2.55. The lowest BCUT2D eigenvalue weighted by atomic mass is 9.47. The normalized spacial score (nSPS) is 45.5. The molecule has 1 N–H and O–H groups in total. The zero-order valence-corrected chi connectivity index (χ0v) is 16.8. The number of allylic oxidation sites excluding steroid dienone is 2. The molecular formula is C23H30O5. The average Bonchev–Trinajstić information content (AvgIpc) is 3.20. The molecule has 0 aromatic rings. The number of carboxylic acid groups (broad SMARTS) is 1. The van der Waals surface area contributed by atoms with Crippen LogP contribution in [0.1, 0.15) is 58.8 Å². The minimum absolute atomic E-state index is 0.0495. The fourth-order valence-corrected chi connectivity index (χ4v) is 7.42. The van der Waals surface area contributed by atoms with Gasteiger partial charge in [-0.2, -0.15) is 0 Å². The van der Waals surface area contributed by atoms with Crippen LogP contribution in [0.15, 0.2) is 23.3 Å². The number of ketones is 1. The van der Waals surface area contributed by atoms with E-state index >= 15 is 0 Å². The van der Waals surface area contributed by atoms with Crippen LogP contribution in [-0.4, -0.2) is 35.9 Å². The topological polar surface area (TPSA) is 72.8 Å². The maximum absolute atomic E-state index is 13.5. The van der Waals surface area contributed by atoms with Crippen molar-refractivity contribution in [1.29, 1.82) is 0 Å². The average molecular weight is 386 g/mol. The molecule has 5 aliphatic rings.